The molecule has 0 bridgehead atoms. The normalized spacial score (nSPS) is 11.9. The Kier molecular flexibility index (Phi) is 5.35. The first-order valence-corrected chi connectivity index (χ1v) is 7.05. The summed E-state index contributed by atoms with van der Waals surface area (Å²) in [5.74, 6) is 0. The Morgan fingerprint density at radius 1 is 0.800 bits per heavy atom. The van der Waals surface area contributed by atoms with Crippen LogP contribution < -0.4 is 0 Å². The summed E-state index contributed by atoms with van der Waals surface area (Å²) in [6.07, 6.45) is 5.94. The lowest BCUT2D eigenvalue weighted by atomic mass is 10.3. The van der Waals surface area contributed by atoms with Gasteiger partial charge in [-0.3, -0.25) is 9.98 Å². The van der Waals surface area contributed by atoms with Crippen molar-refractivity contribution in [3.05, 3.63) is 47.0 Å². The number of nitrogens with one attached hydrogen (secondary N) is 2. The highest BCUT2D eigenvalue weighted by Gasteiger charge is 1.91. The average Bonchev–Trinajstić information content (AvgIpc) is 3.02. The molecule has 2 N–H and O–H groups in total. The Morgan fingerprint density at radius 2 is 1.25 bits per heavy atom. The van der Waals surface area contributed by atoms with Gasteiger partial charge in [-0.25, -0.2) is 0 Å². The minimum atomic E-state index is 0.856. The third kappa shape index (κ3) is 4.88. The van der Waals surface area contributed by atoms with Crippen LogP contribution in [0.25, 0.3) is 0 Å². The minimum absolute atomic E-state index is 0.856. The Labute approximate surface area is 120 Å². The summed E-state index contributed by atoms with van der Waals surface area (Å²) in [7, 11) is 0. The Morgan fingerprint density at radius 3 is 1.60 bits per heavy atom. The average molecular weight is 270 g/mol. The second-order valence-electron chi connectivity index (χ2n) is 4.97. The number of aromatic nitrogens is 2. The monoisotopic (exact) mass is 270 g/mol. The van der Waals surface area contributed by atoms with Crippen molar-refractivity contribution in [3.8, 4) is 0 Å². The molecule has 0 aliphatic carbocycles. The molecule has 2 aromatic rings. The maximum absolute atomic E-state index is 4.40. The molecule has 0 atom stereocenters. The largest absolute Gasteiger partial charge is 0.358 e. The molecule has 0 aromatic carbocycles. The number of H-pyrrole nitrogens is 2. The first-order chi connectivity index (χ1) is 9.74. The number of aryl methyl sites for hydroxylation is 2. The van der Waals surface area contributed by atoms with Gasteiger partial charge in [-0.15, -0.1) is 0 Å². The Bertz CT molecular complexity index is 523. The molecule has 2 heterocycles. The molecule has 4 heteroatoms. The quantitative estimate of drug-likeness (QED) is 0.573. The van der Waals surface area contributed by atoms with Gasteiger partial charge in [0.2, 0.25) is 0 Å². The summed E-state index contributed by atoms with van der Waals surface area (Å²) < 4.78 is 0. The van der Waals surface area contributed by atoms with Crippen molar-refractivity contribution in [3.63, 3.8) is 0 Å². The van der Waals surface area contributed by atoms with Crippen LogP contribution in [-0.4, -0.2) is 35.5 Å². The van der Waals surface area contributed by atoms with Crippen molar-refractivity contribution in [1.29, 1.82) is 0 Å². The van der Waals surface area contributed by atoms with Gasteiger partial charge in [0, 0.05) is 36.9 Å². The summed E-state index contributed by atoms with van der Waals surface area (Å²) in [5.41, 5.74) is 4.48. The molecule has 20 heavy (non-hydrogen) atoms. The molecule has 0 amide bonds. The number of aliphatic imine (C=N–C) groups is 2. The molecule has 0 aliphatic rings. The van der Waals surface area contributed by atoms with E-state index in [2.05, 4.69) is 32.1 Å². The van der Waals surface area contributed by atoms with Crippen LogP contribution in [0.1, 0.15) is 35.6 Å². The summed E-state index contributed by atoms with van der Waals surface area (Å²) in [6.45, 7) is 5.80. The van der Waals surface area contributed by atoms with Gasteiger partial charge in [0.05, 0.1) is 11.4 Å². The molecule has 106 valence electrons. The molecular weight excluding hydrogens is 248 g/mol. The minimum Gasteiger partial charge on any atom is -0.358 e. The van der Waals surface area contributed by atoms with Gasteiger partial charge in [-0.2, -0.15) is 0 Å². The van der Waals surface area contributed by atoms with E-state index in [1.165, 1.54) is 11.4 Å². The predicted octanol–water partition coefficient (Wildman–Crippen LogP) is 3.28. The lowest BCUT2D eigenvalue weighted by molar-refractivity contribution is 0.759. The molecule has 2 aromatic heterocycles. The smallest absolute Gasteiger partial charge is 0.0563 e. The van der Waals surface area contributed by atoms with Crippen LogP contribution in [0, 0.1) is 13.8 Å². The summed E-state index contributed by atoms with van der Waals surface area (Å²) in [4.78, 5) is 15.3. The summed E-state index contributed by atoms with van der Waals surface area (Å²) in [6, 6.07) is 8.19. The van der Waals surface area contributed by atoms with E-state index in [9.17, 15) is 0 Å². The molecular formula is C16H22N4. The number of unbranched alkanes of at least 4 members (excludes halogenated alkanes) is 1. The van der Waals surface area contributed by atoms with Gasteiger partial charge in [0.25, 0.3) is 0 Å². The van der Waals surface area contributed by atoms with E-state index in [1.807, 2.05) is 38.4 Å². The van der Waals surface area contributed by atoms with Gasteiger partial charge in [-0.05, 0) is 51.0 Å². The Balaban J connectivity index is 1.58. The second kappa shape index (κ2) is 7.48. The Hall–Kier alpha value is -2.10. The van der Waals surface area contributed by atoms with E-state index >= 15 is 0 Å². The van der Waals surface area contributed by atoms with E-state index in [1.54, 1.807) is 0 Å². The van der Waals surface area contributed by atoms with Crippen LogP contribution in [0.3, 0.4) is 0 Å². The summed E-state index contributed by atoms with van der Waals surface area (Å²) in [5, 5.41) is 0. The maximum Gasteiger partial charge on any atom is 0.0563 e. The molecule has 0 unspecified atom stereocenters. The van der Waals surface area contributed by atoms with Crippen LogP contribution in [0.15, 0.2) is 34.3 Å². The highest BCUT2D eigenvalue weighted by molar-refractivity contribution is 5.77. The molecule has 0 radical (unpaired) electrons. The molecule has 0 fully saturated rings. The van der Waals surface area contributed by atoms with Gasteiger partial charge in [0.15, 0.2) is 0 Å². The molecule has 0 saturated heterocycles. The van der Waals surface area contributed by atoms with Crippen molar-refractivity contribution in [1.82, 2.24) is 9.97 Å². The number of aromatic amines is 2. The highest BCUT2D eigenvalue weighted by atomic mass is 14.8. The van der Waals surface area contributed by atoms with Crippen molar-refractivity contribution in [2.75, 3.05) is 13.1 Å². The van der Waals surface area contributed by atoms with Crippen molar-refractivity contribution in [2.45, 2.75) is 26.7 Å². The van der Waals surface area contributed by atoms with Crippen LogP contribution in [0.2, 0.25) is 0 Å². The number of rotatable bonds is 7. The summed E-state index contributed by atoms with van der Waals surface area (Å²) >= 11 is 0. The third-order valence-electron chi connectivity index (χ3n) is 2.99. The van der Waals surface area contributed by atoms with E-state index in [-0.39, 0.29) is 0 Å². The van der Waals surface area contributed by atoms with Crippen LogP contribution >= 0.6 is 0 Å². The lowest BCUT2D eigenvalue weighted by Gasteiger charge is -1.93. The number of nitrogens with zero attached hydrogens (tertiary/aromatic N) is 2. The fourth-order valence-corrected chi connectivity index (χ4v) is 1.93. The van der Waals surface area contributed by atoms with Crippen molar-refractivity contribution >= 4 is 12.4 Å². The van der Waals surface area contributed by atoms with Crippen molar-refractivity contribution in [2.24, 2.45) is 9.98 Å². The number of hydrogen-bond donors (Lipinski definition) is 2. The zero-order valence-electron chi connectivity index (χ0n) is 12.2. The van der Waals surface area contributed by atoms with Crippen molar-refractivity contribution < 1.29 is 0 Å². The standard InChI is InChI=1S/C16H22N4/c1-13-5-7-15(19-13)11-17-9-3-4-10-18-12-16-8-6-14(2)20-16/h5-8,11-12,19-20H,3-4,9-10H2,1-2H3. The van der Waals surface area contributed by atoms with Gasteiger partial charge >= 0.3 is 0 Å². The first-order valence-electron chi connectivity index (χ1n) is 7.05. The topological polar surface area (TPSA) is 56.3 Å². The van der Waals surface area contributed by atoms with E-state index in [4.69, 9.17) is 0 Å². The zero-order valence-corrected chi connectivity index (χ0v) is 12.2. The fraction of sp³-hybridized carbons (Fsp3) is 0.375. The van der Waals surface area contributed by atoms with Crippen LogP contribution in [-0.2, 0) is 0 Å². The first kappa shape index (κ1) is 14.3. The molecule has 0 aliphatic heterocycles. The lowest BCUT2D eigenvalue weighted by Crippen LogP contribution is -1.89. The molecule has 0 saturated carbocycles. The van der Waals surface area contributed by atoms with Gasteiger partial charge in [-0.1, -0.05) is 0 Å². The van der Waals surface area contributed by atoms with Gasteiger partial charge < -0.3 is 9.97 Å². The molecule has 2 rings (SSSR count). The van der Waals surface area contributed by atoms with E-state index in [0.29, 0.717) is 0 Å². The van der Waals surface area contributed by atoms with Crippen LogP contribution in [0.5, 0.6) is 0 Å². The fourth-order valence-electron chi connectivity index (χ4n) is 1.93. The third-order valence-corrected chi connectivity index (χ3v) is 2.99. The predicted molar refractivity (Wildman–Crippen MR) is 85.2 cm³/mol. The number of hydrogen-bond acceptors (Lipinski definition) is 2. The van der Waals surface area contributed by atoms with E-state index in [0.717, 1.165) is 37.3 Å². The SMILES string of the molecule is Cc1ccc(C=NCCCCN=Cc2ccc(C)[nH]2)[nH]1. The van der Waals surface area contributed by atoms with E-state index < -0.39 is 0 Å². The maximum atomic E-state index is 4.40. The molecule has 0 spiro atoms. The second-order valence-corrected chi connectivity index (χ2v) is 4.97. The van der Waals surface area contributed by atoms with Crippen LogP contribution in [0.4, 0.5) is 0 Å². The highest BCUT2D eigenvalue weighted by Crippen LogP contribution is 1.99. The zero-order chi connectivity index (χ0) is 14.2. The molecule has 4 nitrogen and oxygen atoms in total. The van der Waals surface area contributed by atoms with Gasteiger partial charge in [0.1, 0.15) is 0 Å².